The molecule has 19 heavy (non-hydrogen) atoms. The molecule has 1 aromatic rings. The Balaban J connectivity index is 1.72. The van der Waals surface area contributed by atoms with Crippen LogP contribution in [0, 0.1) is 11.3 Å². The number of thioether (sulfide) groups is 2. The van der Waals surface area contributed by atoms with E-state index in [2.05, 4.69) is 6.07 Å². The van der Waals surface area contributed by atoms with Crippen molar-refractivity contribution in [2.45, 2.75) is 33.9 Å². The number of nitriles is 1. The van der Waals surface area contributed by atoms with Gasteiger partial charge in [-0.1, -0.05) is 11.8 Å². The van der Waals surface area contributed by atoms with Crippen LogP contribution in [-0.2, 0) is 4.74 Å². The van der Waals surface area contributed by atoms with Gasteiger partial charge in [-0.05, 0) is 24.3 Å². The number of fused-ring (bicyclic) bond motifs is 3. The summed E-state index contributed by atoms with van der Waals surface area (Å²) in [5, 5.41) is 28.4. The zero-order chi connectivity index (χ0) is 13.4. The van der Waals surface area contributed by atoms with Gasteiger partial charge in [0.2, 0.25) is 0 Å². The van der Waals surface area contributed by atoms with Gasteiger partial charge in [-0.3, -0.25) is 0 Å². The van der Waals surface area contributed by atoms with Crippen molar-refractivity contribution >= 4 is 23.5 Å². The van der Waals surface area contributed by atoms with E-state index in [0.29, 0.717) is 5.56 Å². The predicted octanol–water partition coefficient (Wildman–Crippen LogP) is 1.21. The number of aliphatic hydroxyl groups is 2. The van der Waals surface area contributed by atoms with Crippen molar-refractivity contribution in [1.82, 2.24) is 0 Å². The van der Waals surface area contributed by atoms with E-state index >= 15 is 0 Å². The fraction of sp³-hybridized carbons (Fsp3) is 0.462. The fourth-order valence-corrected chi connectivity index (χ4v) is 4.99. The van der Waals surface area contributed by atoms with Crippen molar-refractivity contribution in [3.63, 3.8) is 0 Å². The summed E-state index contributed by atoms with van der Waals surface area (Å²) in [7, 11) is 0. The third-order valence-electron chi connectivity index (χ3n) is 3.33. The van der Waals surface area contributed by atoms with Gasteiger partial charge in [-0.2, -0.15) is 5.26 Å². The number of rotatable bonds is 2. The predicted molar refractivity (Wildman–Crippen MR) is 73.9 cm³/mol. The van der Waals surface area contributed by atoms with Crippen molar-refractivity contribution in [3.05, 3.63) is 29.8 Å². The molecule has 3 saturated heterocycles. The molecule has 2 N–H and O–H groups in total. The molecule has 4 nitrogen and oxygen atoms in total. The number of hydrogen-bond donors (Lipinski definition) is 2. The maximum Gasteiger partial charge on any atom is 0.122 e. The molecule has 2 bridgehead atoms. The molecule has 3 heterocycles. The summed E-state index contributed by atoms with van der Waals surface area (Å²) >= 11 is 3.18. The summed E-state index contributed by atoms with van der Waals surface area (Å²) < 4.78 is 5.80. The van der Waals surface area contributed by atoms with Gasteiger partial charge in [0.1, 0.15) is 11.5 Å². The summed E-state index contributed by atoms with van der Waals surface area (Å²) in [5.74, 6) is 0.729. The lowest BCUT2D eigenvalue weighted by molar-refractivity contribution is -0.138. The van der Waals surface area contributed by atoms with E-state index in [4.69, 9.17) is 10.00 Å². The van der Waals surface area contributed by atoms with E-state index < -0.39 is 12.2 Å². The molecule has 0 saturated carbocycles. The van der Waals surface area contributed by atoms with Crippen LogP contribution in [0.5, 0.6) is 0 Å². The van der Waals surface area contributed by atoms with Gasteiger partial charge in [0, 0.05) is 10.6 Å². The van der Waals surface area contributed by atoms with Crippen LogP contribution in [0.1, 0.15) is 5.56 Å². The average Bonchev–Trinajstić information content (AvgIpc) is 2.45. The Morgan fingerprint density at radius 3 is 2.63 bits per heavy atom. The monoisotopic (exact) mass is 295 g/mol. The van der Waals surface area contributed by atoms with E-state index in [0.717, 1.165) is 10.6 Å². The van der Waals surface area contributed by atoms with E-state index in [9.17, 15) is 10.2 Å². The highest BCUT2D eigenvalue weighted by Gasteiger charge is 2.49. The molecule has 0 spiro atoms. The van der Waals surface area contributed by atoms with Crippen LogP contribution in [0.3, 0.4) is 0 Å². The van der Waals surface area contributed by atoms with E-state index in [-0.39, 0.29) is 16.8 Å². The average molecular weight is 295 g/mol. The molecule has 1 aromatic carbocycles. The van der Waals surface area contributed by atoms with E-state index in [1.807, 2.05) is 12.1 Å². The third-order valence-corrected chi connectivity index (χ3v) is 6.12. The molecule has 0 radical (unpaired) electrons. The number of aliphatic hydroxyl groups excluding tert-OH is 2. The Morgan fingerprint density at radius 2 is 2.00 bits per heavy atom. The van der Waals surface area contributed by atoms with Gasteiger partial charge in [0.05, 0.1) is 29.1 Å². The lowest BCUT2D eigenvalue weighted by Crippen LogP contribution is -2.60. The topological polar surface area (TPSA) is 73.5 Å². The normalized spacial score (nSPS) is 37.0. The van der Waals surface area contributed by atoms with Gasteiger partial charge in [-0.15, -0.1) is 11.8 Å². The Morgan fingerprint density at radius 1 is 1.26 bits per heavy atom. The highest BCUT2D eigenvalue weighted by molar-refractivity contribution is 8.03. The Kier molecular flexibility index (Phi) is 3.74. The molecule has 6 heteroatoms. The van der Waals surface area contributed by atoms with Crippen LogP contribution >= 0.6 is 23.5 Å². The number of benzene rings is 1. The summed E-state index contributed by atoms with van der Waals surface area (Å²) in [6, 6.07) is 9.37. The fourth-order valence-electron chi connectivity index (χ4n) is 2.26. The standard InChI is InChI=1S/C13H13NO3S2/c14-5-7-1-3-8(4-2-7)19-13-12-11(16)10(15)9(17-13)6-18-12/h1-4,9-13,15-16H,6H2/t9-,10-,11-,12+,13-/m1/s1. The molecule has 3 aliphatic heterocycles. The first-order chi connectivity index (χ1) is 9.19. The quantitative estimate of drug-likeness (QED) is 0.854. The Labute approximate surface area is 119 Å². The van der Waals surface area contributed by atoms with Crippen molar-refractivity contribution < 1.29 is 14.9 Å². The summed E-state index contributed by atoms with van der Waals surface area (Å²) in [4.78, 5) is 0.999. The zero-order valence-corrected chi connectivity index (χ0v) is 11.6. The molecule has 4 rings (SSSR count). The SMILES string of the molecule is N#Cc1ccc(S[C@H]2O[C@@H]3CS[C@H]2[C@H](O)[C@@H]3O)cc1. The molecule has 3 aliphatic rings. The van der Waals surface area contributed by atoms with Gasteiger partial charge in [0.25, 0.3) is 0 Å². The lowest BCUT2D eigenvalue weighted by atomic mass is 10.0. The lowest BCUT2D eigenvalue weighted by Gasteiger charge is -2.47. The zero-order valence-electron chi connectivity index (χ0n) is 9.97. The van der Waals surface area contributed by atoms with Crippen LogP contribution in [0.15, 0.2) is 29.2 Å². The summed E-state index contributed by atoms with van der Waals surface area (Å²) in [5.41, 5.74) is 0.468. The summed E-state index contributed by atoms with van der Waals surface area (Å²) in [6.45, 7) is 0. The molecule has 5 atom stereocenters. The molecule has 0 aromatic heterocycles. The first-order valence-electron chi connectivity index (χ1n) is 5.99. The Bertz CT molecular complexity index is 500. The number of ether oxygens (including phenoxy) is 1. The number of hydrogen-bond acceptors (Lipinski definition) is 6. The smallest absolute Gasteiger partial charge is 0.122 e. The van der Waals surface area contributed by atoms with Gasteiger partial charge in [0.15, 0.2) is 0 Å². The molecular weight excluding hydrogens is 282 g/mol. The molecule has 100 valence electrons. The van der Waals surface area contributed by atoms with Crippen LogP contribution in [-0.4, -0.2) is 45.0 Å². The number of nitrogens with zero attached hydrogens (tertiary/aromatic N) is 1. The highest BCUT2D eigenvalue weighted by Crippen LogP contribution is 2.44. The van der Waals surface area contributed by atoms with Gasteiger partial charge < -0.3 is 14.9 Å². The maximum absolute atomic E-state index is 9.99. The largest absolute Gasteiger partial charge is 0.389 e. The van der Waals surface area contributed by atoms with Gasteiger partial charge in [-0.25, -0.2) is 0 Å². The molecule has 0 aliphatic carbocycles. The highest BCUT2D eigenvalue weighted by atomic mass is 32.2. The maximum atomic E-state index is 9.99. The minimum atomic E-state index is -0.774. The molecule has 0 unspecified atom stereocenters. The molecular formula is C13H13NO3S2. The van der Waals surface area contributed by atoms with Crippen LogP contribution in [0.4, 0.5) is 0 Å². The minimum Gasteiger partial charge on any atom is -0.389 e. The van der Waals surface area contributed by atoms with Crippen LogP contribution < -0.4 is 0 Å². The van der Waals surface area contributed by atoms with Crippen molar-refractivity contribution in [2.24, 2.45) is 0 Å². The van der Waals surface area contributed by atoms with Crippen molar-refractivity contribution in [3.8, 4) is 6.07 Å². The summed E-state index contributed by atoms with van der Waals surface area (Å²) in [6.07, 6.45) is -1.79. The van der Waals surface area contributed by atoms with Crippen molar-refractivity contribution in [1.29, 1.82) is 5.26 Å². The van der Waals surface area contributed by atoms with Gasteiger partial charge >= 0.3 is 0 Å². The first kappa shape index (κ1) is 13.3. The van der Waals surface area contributed by atoms with Crippen LogP contribution in [0.2, 0.25) is 0 Å². The first-order valence-corrected chi connectivity index (χ1v) is 7.92. The van der Waals surface area contributed by atoms with E-state index in [1.54, 1.807) is 23.9 Å². The van der Waals surface area contributed by atoms with E-state index in [1.165, 1.54) is 11.8 Å². The third kappa shape index (κ3) is 2.49. The molecule has 0 amide bonds. The van der Waals surface area contributed by atoms with Crippen LogP contribution in [0.25, 0.3) is 0 Å². The second-order valence-corrected chi connectivity index (χ2v) is 6.96. The second-order valence-electron chi connectivity index (χ2n) is 4.58. The van der Waals surface area contributed by atoms with Crippen molar-refractivity contribution in [2.75, 3.05) is 5.75 Å². The minimum absolute atomic E-state index is 0.111. The Hall–Kier alpha value is -0.710. The molecule has 3 fully saturated rings. The second kappa shape index (κ2) is 5.35.